The van der Waals surface area contributed by atoms with E-state index in [9.17, 15) is 9.59 Å². The van der Waals surface area contributed by atoms with Crippen LogP contribution in [0.5, 0.6) is 0 Å². The van der Waals surface area contributed by atoms with Gasteiger partial charge in [0.15, 0.2) is 0 Å². The minimum Gasteiger partial charge on any atom is -0.304 e. The standard InChI is InChI=1S/C16H17BrClNO2/c17-9-16(6-2-1-3-7-16)10-19-13-8-11(18)4-5-12(13)14(20)15(19)21/h4-5,8H,1-3,6-7,9-10H2. The van der Waals surface area contributed by atoms with Gasteiger partial charge in [0.05, 0.1) is 11.3 Å². The number of carbonyl (C=O) groups excluding carboxylic acids is 2. The van der Waals surface area contributed by atoms with Crippen molar-refractivity contribution in [2.45, 2.75) is 32.1 Å². The molecule has 1 aliphatic heterocycles. The second-order valence-corrected chi connectivity index (χ2v) is 7.07. The fourth-order valence-corrected chi connectivity index (χ4v) is 4.30. The van der Waals surface area contributed by atoms with Crippen LogP contribution >= 0.6 is 27.5 Å². The van der Waals surface area contributed by atoms with E-state index in [1.54, 1.807) is 23.1 Å². The second kappa shape index (κ2) is 5.73. The fraction of sp³-hybridized carbons (Fsp3) is 0.500. The molecule has 0 spiro atoms. The molecule has 1 saturated carbocycles. The van der Waals surface area contributed by atoms with Crippen molar-refractivity contribution in [1.29, 1.82) is 0 Å². The molecule has 0 N–H and O–H groups in total. The Kier molecular flexibility index (Phi) is 4.10. The Balaban J connectivity index is 1.94. The van der Waals surface area contributed by atoms with Gasteiger partial charge in [0.25, 0.3) is 11.7 Å². The van der Waals surface area contributed by atoms with Gasteiger partial charge in [0, 0.05) is 16.9 Å². The number of amides is 1. The van der Waals surface area contributed by atoms with Gasteiger partial charge < -0.3 is 4.90 Å². The number of anilines is 1. The molecule has 0 radical (unpaired) electrons. The van der Waals surface area contributed by atoms with E-state index in [4.69, 9.17) is 11.6 Å². The van der Waals surface area contributed by atoms with Gasteiger partial charge in [-0.25, -0.2) is 0 Å². The van der Waals surface area contributed by atoms with Gasteiger partial charge in [-0.15, -0.1) is 0 Å². The van der Waals surface area contributed by atoms with Crippen LogP contribution in [0.2, 0.25) is 5.02 Å². The lowest BCUT2D eigenvalue weighted by Gasteiger charge is -2.38. The molecule has 0 aromatic heterocycles. The average Bonchev–Trinajstić information content (AvgIpc) is 2.73. The summed E-state index contributed by atoms with van der Waals surface area (Å²) in [6, 6.07) is 5.04. The third kappa shape index (κ3) is 2.64. The fourth-order valence-electron chi connectivity index (χ4n) is 3.40. The van der Waals surface area contributed by atoms with Crippen molar-refractivity contribution in [3.63, 3.8) is 0 Å². The molecule has 3 rings (SSSR count). The SMILES string of the molecule is O=C1C(=O)N(CC2(CBr)CCCCC2)c2cc(Cl)ccc21. The molecule has 112 valence electrons. The highest BCUT2D eigenvalue weighted by Gasteiger charge is 2.41. The van der Waals surface area contributed by atoms with Crippen LogP contribution < -0.4 is 4.90 Å². The quantitative estimate of drug-likeness (QED) is 0.590. The maximum atomic E-state index is 12.3. The molecule has 0 unspecified atom stereocenters. The zero-order valence-electron chi connectivity index (χ0n) is 11.7. The predicted molar refractivity (Wildman–Crippen MR) is 87.4 cm³/mol. The van der Waals surface area contributed by atoms with Crippen LogP contribution in [0.25, 0.3) is 0 Å². The molecule has 0 saturated heterocycles. The van der Waals surface area contributed by atoms with E-state index in [2.05, 4.69) is 15.9 Å². The number of hydrogen-bond acceptors (Lipinski definition) is 2. The third-order valence-corrected chi connectivity index (χ3v) is 6.05. The minimum absolute atomic E-state index is 0.0676. The van der Waals surface area contributed by atoms with Crippen molar-refractivity contribution in [3.05, 3.63) is 28.8 Å². The van der Waals surface area contributed by atoms with Crippen molar-refractivity contribution in [2.75, 3.05) is 16.8 Å². The zero-order valence-corrected chi connectivity index (χ0v) is 14.0. The molecule has 1 heterocycles. The van der Waals surface area contributed by atoms with Crippen molar-refractivity contribution in [3.8, 4) is 0 Å². The number of rotatable bonds is 3. The Morgan fingerprint density at radius 3 is 2.57 bits per heavy atom. The lowest BCUT2D eigenvalue weighted by molar-refractivity contribution is -0.114. The van der Waals surface area contributed by atoms with Gasteiger partial charge in [0.1, 0.15) is 0 Å². The van der Waals surface area contributed by atoms with Crippen molar-refractivity contribution >= 4 is 44.9 Å². The molecule has 1 aromatic carbocycles. The van der Waals surface area contributed by atoms with Crippen LogP contribution in [0, 0.1) is 5.41 Å². The van der Waals surface area contributed by atoms with Gasteiger partial charge in [-0.2, -0.15) is 0 Å². The summed E-state index contributed by atoms with van der Waals surface area (Å²) in [6.45, 7) is 0.593. The highest BCUT2D eigenvalue weighted by molar-refractivity contribution is 9.09. The molecule has 1 aliphatic carbocycles. The summed E-state index contributed by atoms with van der Waals surface area (Å²) in [4.78, 5) is 26.1. The van der Waals surface area contributed by atoms with Crippen molar-refractivity contribution < 1.29 is 9.59 Å². The maximum absolute atomic E-state index is 12.3. The summed E-state index contributed by atoms with van der Waals surface area (Å²) in [6.07, 6.45) is 5.80. The van der Waals surface area contributed by atoms with Crippen LogP contribution in [0.1, 0.15) is 42.5 Å². The topological polar surface area (TPSA) is 37.4 Å². The Morgan fingerprint density at radius 2 is 1.90 bits per heavy atom. The number of ketones is 1. The molecule has 2 aliphatic rings. The van der Waals surface area contributed by atoms with Crippen LogP contribution in [0.15, 0.2) is 18.2 Å². The molecular weight excluding hydrogens is 354 g/mol. The summed E-state index contributed by atoms with van der Waals surface area (Å²) < 4.78 is 0. The monoisotopic (exact) mass is 369 g/mol. The Bertz CT molecular complexity index is 596. The van der Waals surface area contributed by atoms with Gasteiger partial charge in [0.2, 0.25) is 0 Å². The van der Waals surface area contributed by atoms with Gasteiger partial charge >= 0.3 is 0 Å². The van der Waals surface area contributed by atoms with Crippen molar-refractivity contribution in [2.24, 2.45) is 5.41 Å². The van der Waals surface area contributed by atoms with E-state index in [0.29, 0.717) is 22.8 Å². The molecule has 21 heavy (non-hydrogen) atoms. The summed E-state index contributed by atoms with van der Waals surface area (Å²) in [5.74, 6) is -0.833. The Hall–Kier alpha value is -0.870. The number of benzene rings is 1. The normalized spacial score (nSPS) is 20.8. The van der Waals surface area contributed by atoms with Crippen LogP contribution in [-0.2, 0) is 4.79 Å². The Labute approximate surface area is 137 Å². The highest BCUT2D eigenvalue weighted by atomic mass is 79.9. The molecule has 1 amide bonds. The molecule has 1 fully saturated rings. The molecule has 5 heteroatoms. The third-order valence-electron chi connectivity index (χ3n) is 4.63. The highest BCUT2D eigenvalue weighted by Crippen LogP contribution is 2.41. The van der Waals surface area contributed by atoms with E-state index in [-0.39, 0.29) is 5.41 Å². The first-order valence-electron chi connectivity index (χ1n) is 7.28. The van der Waals surface area contributed by atoms with E-state index in [1.807, 2.05) is 0 Å². The van der Waals surface area contributed by atoms with Gasteiger partial charge in [-0.05, 0) is 36.5 Å². The van der Waals surface area contributed by atoms with Crippen LogP contribution in [0.4, 0.5) is 5.69 Å². The number of hydrogen-bond donors (Lipinski definition) is 0. The molecule has 1 aromatic rings. The first-order chi connectivity index (χ1) is 10.1. The van der Waals surface area contributed by atoms with E-state index >= 15 is 0 Å². The van der Waals surface area contributed by atoms with Gasteiger partial charge in [-0.3, -0.25) is 9.59 Å². The predicted octanol–water partition coefficient (Wildman–Crippen LogP) is 4.21. The lowest BCUT2D eigenvalue weighted by atomic mass is 9.75. The summed E-state index contributed by atoms with van der Waals surface area (Å²) in [5.41, 5.74) is 1.21. The van der Waals surface area contributed by atoms with Gasteiger partial charge in [-0.1, -0.05) is 46.8 Å². The largest absolute Gasteiger partial charge is 0.304 e. The smallest absolute Gasteiger partial charge is 0.299 e. The Morgan fingerprint density at radius 1 is 1.19 bits per heavy atom. The molecule has 0 bridgehead atoms. The first kappa shape index (κ1) is 15.0. The number of Topliss-reactive ketones (excluding diaryl/α,β-unsaturated/α-hetero) is 1. The van der Waals surface area contributed by atoms with Crippen LogP contribution in [-0.4, -0.2) is 23.6 Å². The minimum atomic E-state index is -0.418. The number of alkyl halides is 1. The number of carbonyl (C=O) groups is 2. The molecule has 0 atom stereocenters. The summed E-state index contributed by atoms with van der Waals surface area (Å²) in [5, 5.41) is 1.41. The number of nitrogens with zero attached hydrogens (tertiary/aromatic N) is 1. The van der Waals surface area contributed by atoms with E-state index in [0.717, 1.165) is 18.2 Å². The lowest BCUT2D eigenvalue weighted by Crippen LogP contribution is -2.43. The van der Waals surface area contributed by atoms with Crippen LogP contribution in [0.3, 0.4) is 0 Å². The second-order valence-electron chi connectivity index (χ2n) is 6.08. The van der Waals surface area contributed by atoms with E-state index in [1.165, 1.54) is 19.3 Å². The first-order valence-corrected chi connectivity index (χ1v) is 8.78. The summed E-state index contributed by atoms with van der Waals surface area (Å²) in [7, 11) is 0. The summed E-state index contributed by atoms with van der Waals surface area (Å²) >= 11 is 9.65. The zero-order chi connectivity index (χ0) is 15.0. The molecular formula is C16H17BrClNO2. The number of fused-ring (bicyclic) bond motifs is 1. The van der Waals surface area contributed by atoms with Crippen molar-refractivity contribution in [1.82, 2.24) is 0 Å². The maximum Gasteiger partial charge on any atom is 0.299 e. The average molecular weight is 371 g/mol. The number of halogens is 2. The van der Waals surface area contributed by atoms with E-state index < -0.39 is 11.7 Å². The molecule has 3 nitrogen and oxygen atoms in total.